The first-order valence-electron chi connectivity index (χ1n) is 7.01. The van der Waals surface area contributed by atoms with E-state index < -0.39 is 10.8 Å². The molecule has 3 heteroatoms. The number of rotatable bonds is 7. The van der Waals surface area contributed by atoms with Crippen molar-refractivity contribution in [1.82, 2.24) is 0 Å². The van der Waals surface area contributed by atoms with Gasteiger partial charge < -0.3 is 5.73 Å². The molecule has 0 fully saturated rings. The number of hydrogen-bond donors (Lipinski definition) is 1. The Balaban J connectivity index is 2.46. The summed E-state index contributed by atoms with van der Waals surface area (Å²) < 4.78 is 12.3. The summed E-state index contributed by atoms with van der Waals surface area (Å²) >= 11 is 0. The first kappa shape index (κ1) is 16.4. The molecule has 0 aliphatic rings. The molecule has 0 aliphatic heterocycles. The molecule has 1 aromatic rings. The minimum Gasteiger partial charge on any atom is -0.330 e. The van der Waals surface area contributed by atoms with Crippen LogP contribution in [0.25, 0.3) is 0 Å². The number of unbranched alkanes of at least 4 members (excludes halogenated alkanes) is 1. The fourth-order valence-electron chi connectivity index (χ4n) is 2.00. The zero-order valence-electron chi connectivity index (χ0n) is 12.7. The largest absolute Gasteiger partial charge is 0.330 e. The predicted molar refractivity (Wildman–Crippen MR) is 83.9 cm³/mol. The monoisotopic (exact) mass is 281 g/mol. The number of benzene rings is 1. The van der Waals surface area contributed by atoms with Gasteiger partial charge in [0.25, 0.3) is 0 Å². The van der Waals surface area contributed by atoms with Gasteiger partial charge >= 0.3 is 0 Å². The molecule has 0 saturated heterocycles. The van der Waals surface area contributed by atoms with Gasteiger partial charge in [-0.2, -0.15) is 0 Å². The van der Waals surface area contributed by atoms with Crippen LogP contribution in [-0.4, -0.2) is 16.5 Å². The van der Waals surface area contributed by atoms with Gasteiger partial charge in [-0.25, -0.2) is 0 Å². The standard InChI is InChI=1S/C16H27NOS/c1-13-7-8-14(2)15(11-13)19(18)10-6-5-9-16(3,4)12-17/h7-8,11H,5-6,9-10,12,17H2,1-4H3. The first-order valence-corrected chi connectivity index (χ1v) is 8.33. The Morgan fingerprint density at radius 3 is 2.53 bits per heavy atom. The van der Waals surface area contributed by atoms with Crippen LogP contribution < -0.4 is 5.73 Å². The van der Waals surface area contributed by atoms with Crippen molar-refractivity contribution in [1.29, 1.82) is 0 Å². The van der Waals surface area contributed by atoms with Crippen molar-refractivity contribution in [2.45, 2.75) is 51.9 Å². The van der Waals surface area contributed by atoms with Crippen molar-refractivity contribution in [3.8, 4) is 0 Å². The van der Waals surface area contributed by atoms with Gasteiger partial charge in [0, 0.05) is 10.6 Å². The van der Waals surface area contributed by atoms with Crippen molar-refractivity contribution < 1.29 is 4.21 Å². The Morgan fingerprint density at radius 2 is 1.89 bits per heavy atom. The number of hydrogen-bond acceptors (Lipinski definition) is 2. The third-order valence-corrected chi connectivity index (χ3v) is 5.16. The van der Waals surface area contributed by atoms with Crippen LogP contribution in [0.2, 0.25) is 0 Å². The number of aryl methyl sites for hydroxylation is 2. The molecule has 0 bridgehead atoms. The van der Waals surface area contributed by atoms with Gasteiger partial charge in [-0.3, -0.25) is 4.21 Å². The molecule has 1 rings (SSSR count). The van der Waals surface area contributed by atoms with Gasteiger partial charge in [-0.15, -0.1) is 0 Å². The zero-order valence-corrected chi connectivity index (χ0v) is 13.5. The van der Waals surface area contributed by atoms with Crippen molar-refractivity contribution >= 4 is 10.8 Å². The second-order valence-electron chi connectivity index (χ2n) is 6.14. The second-order valence-corrected chi connectivity index (χ2v) is 7.68. The van der Waals surface area contributed by atoms with Gasteiger partial charge in [-0.05, 0) is 55.8 Å². The molecule has 0 aromatic heterocycles. The second kappa shape index (κ2) is 7.20. The molecule has 2 N–H and O–H groups in total. The maximum absolute atomic E-state index is 12.3. The molecular weight excluding hydrogens is 254 g/mol. The van der Waals surface area contributed by atoms with E-state index in [4.69, 9.17) is 5.73 Å². The minimum absolute atomic E-state index is 0.209. The summed E-state index contributed by atoms with van der Waals surface area (Å²) in [5.74, 6) is 0.755. The quantitative estimate of drug-likeness (QED) is 0.776. The Morgan fingerprint density at radius 1 is 1.21 bits per heavy atom. The minimum atomic E-state index is -0.867. The summed E-state index contributed by atoms with van der Waals surface area (Å²) in [6.07, 6.45) is 3.21. The van der Waals surface area contributed by atoms with Crippen LogP contribution in [0.3, 0.4) is 0 Å². The van der Waals surface area contributed by atoms with Crippen LogP contribution in [0.5, 0.6) is 0 Å². The van der Waals surface area contributed by atoms with Crippen LogP contribution in [0.15, 0.2) is 23.1 Å². The zero-order chi connectivity index (χ0) is 14.5. The Labute approximate surface area is 120 Å². The smallest absolute Gasteiger partial charge is 0.0532 e. The molecule has 0 amide bonds. The van der Waals surface area contributed by atoms with Gasteiger partial charge in [0.05, 0.1) is 10.8 Å². The fourth-order valence-corrected chi connectivity index (χ4v) is 3.43. The molecule has 0 heterocycles. The highest BCUT2D eigenvalue weighted by molar-refractivity contribution is 7.85. The van der Waals surface area contributed by atoms with Crippen LogP contribution in [0, 0.1) is 19.3 Å². The predicted octanol–water partition coefficient (Wildman–Crippen LogP) is 3.57. The van der Waals surface area contributed by atoms with E-state index in [0.717, 1.165) is 35.5 Å². The summed E-state index contributed by atoms with van der Waals surface area (Å²) in [6.45, 7) is 9.17. The van der Waals surface area contributed by atoms with Gasteiger partial charge in [0.1, 0.15) is 0 Å². The Kier molecular flexibility index (Phi) is 6.21. The van der Waals surface area contributed by atoms with Crippen LogP contribution in [0.4, 0.5) is 0 Å². The topological polar surface area (TPSA) is 43.1 Å². The summed E-state index contributed by atoms with van der Waals surface area (Å²) in [4.78, 5) is 0.998. The lowest BCUT2D eigenvalue weighted by Crippen LogP contribution is -2.23. The highest BCUT2D eigenvalue weighted by atomic mass is 32.2. The Bertz CT molecular complexity index is 440. The van der Waals surface area contributed by atoms with Gasteiger partial charge in [-0.1, -0.05) is 32.4 Å². The van der Waals surface area contributed by atoms with E-state index in [2.05, 4.69) is 32.0 Å². The van der Waals surface area contributed by atoms with Crippen molar-refractivity contribution in [3.63, 3.8) is 0 Å². The molecule has 0 aliphatic carbocycles. The molecular formula is C16H27NOS. The first-order chi connectivity index (χ1) is 8.85. The molecule has 0 radical (unpaired) electrons. The molecule has 108 valence electrons. The van der Waals surface area contributed by atoms with Crippen molar-refractivity contribution in [2.75, 3.05) is 12.3 Å². The third-order valence-electron chi connectivity index (χ3n) is 3.57. The van der Waals surface area contributed by atoms with Gasteiger partial charge in [0.15, 0.2) is 0 Å². The van der Waals surface area contributed by atoms with E-state index in [-0.39, 0.29) is 5.41 Å². The summed E-state index contributed by atoms with van der Waals surface area (Å²) in [6, 6.07) is 6.18. The molecule has 19 heavy (non-hydrogen) atoms. The average Bonchev–Trinajstić information content (AvgIpc) is 2.37. The fraction of sp³-hybridized carbons (Fsp3) is 0.625. The summed E-state index contributed by atoms with van der Waals surface area (Å²) in [5, 5.41) is 0. The van der Waals surface area contributed by atoms with E-state index in [1.807, 2.05) is 13.8 Å². The SMILES string of the molecule is Cc1ccc(C)c(S(=O)CCCCC(C)(C)CN)c1. The van der Waals surface area contributed by atoms with E-state index in [0.29, 0.717) is 6.54 Å². The third kappa shape index (κ3) is 5.45. The molecule has 1 atom stereocenters. The van der Waals surface area contributed by atoms with E-state index in [9.17, 15) is 4.21 Å². The average molecular weight is 281 g/mol. The maximum atomic E-state index is 12.3. The number of nitrogens with two attached hydrogens (primary N) is 1. The van der Waals surface area contributed by atoms with E-state index >= 15 is 0 Å². The highest BCUT2D eigenvalue weighted by Gasteiger charge is 2.15. The van der Waals surface area contributed by atoms with E-state index in [1.165, 1.54) is 5.56 Å². The lowest BCUT2D eigenvalue weighted by atomic mass is 9.88. The lowest BCUT2D eigenvalue weighted by molar-refractivity contribution is 0.336. The molecule has 1 unspecified atom stereocenters. The molecule has 1 aromatic carbocycles. The molecule has 0 saturated carbocycles. The Hall–Kier alpha value is -0.670. The van der Waals surface area contributed by atoms with Crippen molar-refractivity contribution in [3.05, 3.63) is 29.3 Å². The summed E-state index contributed by atoms with van der Waals surface area (Å²) in [7, 11) is -0.867. The maximum Gasteiger partial charge on any atom is 0.0532 e. The highest BCUT2D eigenvalue weighted by Crippen LogP contribution is 2.22. The van der Waals surface area contributed by atoms with Crippen LogP contribution in [0.1, 0.15) is 44.2 Å². The van der Waals surface area contributed by atoms with Crippen LogP contribution in [-0.2, 0) is 10.8 Å². The summed E-state index contributed by atoms with van der Waals surface area (Å²) in [5.41, 5.74) is 8.23. The molecule has 0 spiro atoms. The normalized spacial score (nSPS) is 13.5. The van der Waals surface area contributed by atoms with E-state index in [1.54, 1.807) is 0 Å². The lowest BCUT2D eigenvalue weighted by Gasteiger charge is -2.21. The van der Waals surface area contributed by atoms with Gasteiger partial charge in [0.2, 0.25) is 0 Å². The van der Waals surface area contributed by atoms with Crippen molar-refractivity contribution in [2.24, 2.45) is 11.1 Å². The molecule has 2 nitrogen and oxygen atoms in total. The van der Waals surface area contributed by atoms with Crippen LogP contribution >= 0.6 is 0 Å².